The number of amides is 1. The number of carbonyl (C=O) groups is 1. The van der Waals surface area contributed by atoms with E-state index in [0.717, 1.165) is 59.5 Å². The van der Waals surface area contributed by atoms with E-state index in [0.29, 0.717) is 44.5 Å². The van der Waals surface area contributed by atoms with Gasteiger partial charge in [-0.3, -0.25) is 9.69 Å². The first-order valence-corrected chi connectivity index (χ1v) is 16.4. The van der Waals surface area contributed by atoms with Gasteiger partial charge < -0.3 is 25.0 Å². The molecule has 46 heavy (non-hydrogen) atoms. The molecule has 0 saturated carbocycles. The van der Waals surface area contributed by atoms with Crippen molar-refractivity contribution in [2.24, 2.45) is 0 Å². The minimum absolute atomic E-state index is 0.0450. The molecule has 2 N–H and O–H groups in total. The van der Waals surface area contributed by atoms with Crippen LogP contribution in [0.3, 0.4) is 0 Å². The fraction of sp³-hybridized carbons (Fsp3) is 0.514. The van der Waals surface area contributed by atoms with E-state index in [1.165, 1.54) is 18.9 Å². The lowest BCUT2D eigenvalue weighted by molar-refractivity contribution is -0.128. The molecular formula is C35H42N8O3. The molecule has 6 heterocycles. The topological polar surface area (TPSA) is 134 Å². The van der Waals surface area contributed by atoms with E-state index in [1.807, 2.05) is 38.1 Å². The van der Waals surface area contributed by atoms with Gasteiger partial charge in [0.25, 0.3) is 0 Å². The summed E-state index contributed by atoms with van der Waals surface area (Å²) in [6, 6.07) is 12.3. The first-order chi connectivity index (χ1) is 22.2. The number of ether oxygens (including phenoxy) is 2. The number of nitrogens with two attached hydrogens (primary N) is 1. The SMILES string of the molecule is C=CC(=O)N1CCN(c2nc(OCC34CCCN3CCC4)nc3c2C(C)(C)OC(c2nc(N)cc4ccccc24)C3)C[C@@H]1CC#N. The second-order valence-electron chi connectivity index (χ2n) is 13.5. The molecule has 2 atom stereocenters. The fourth-order valence-corrected chi connectivity index (χ4v) is 8.20. The Morgan fingerprint density at radius 1 is 1.17 bits per heavy atom. The van der Waals surface area contributed by atoms with Crippen LogP contribution in [-0.2, 0) is 21.6 Å². The summed E-state index contributed by atoms with van der Waals surface area (Å²) in [4.78, 5) is 34.1. The summed E-state index contributed by atoms with van der Waals surface area (Å²) in [5.74, 6) is 1.01. The van der Waals surface area contributed by atoms with Crippen LogP contribution in [0.5, 0.6) is 6.01 Å². The predicted octanol–water partition coefficient (Wildman–Crippen LogP) is 4.28. The first kappa shape index (κ1) is 30.4. The number of pyridine rings is 1. The van der Waals surface area contributed by atoms with Crippen LogP contribution >= 0.6 is 0 Å². The van der Waals surface area contributed by atoms with Gasteiger partial charge in [-0.15, -0.1) is 0 Å². The Morgan fingerprint density at radius 2 is 1.96 bits per heavy atom. The third kappa shape index (κ3) is 5.33. The molecule has 11 heteroatoms. The zero-order valence-electron chi connectivity index (χ0n) is 26.7. The van der Waals surface area contributed by atoms with Gasteiger partial charge in [0.1, 0.15) is 24.3 Å². The van der Waals surface area contributed by atoms with Crippen molar-refractivity contribution in [3.63, 3.8) is 0 Å². The van der Waals surface area contributed by atoms with Gasteiger partial charge in [-0.25, -0.2) is 4.98 Å². The first-order valence-electron chi connectivity index (χ1n) is 16.4. The largest absolute Gasteiger partial charge is 0.461 e. The number of carbonyl (C=O) groups excluding carboxylic acids is 1. The average molecular weight is 623 g/mol. The third-order valence-electron chi connectivity index (χ3n) is 10.3. The highest BCUT2D eigenvalue weighted by Gasteiger charge is 2.46. The number of hydrogen-bond donors (Lipinski definition) is 1. The van der Waals surface area contributed by atoms with Gasteiger partial charge in [-0.1, -0.05) is 30.8 Å². The van der Waals surface area contributed by atoms with E-state index in [-0.39, 0.29) is 23.9 Å². The van der Waals surface area contributed by atoms with Crippen molar-refractivity contribution < 1.29 is 14.3 Å². The van der Waals surface area contributed by atoms with Crippen molar-refractivity contribution in [1.29, 1.82) is 5.26 Å². The molecule has 7 rings (SSSR count). The lowest BCUT2D eigenvalue weighted by atomic mass is 9.88. The summed E-state index contributed by atoms with van der Waals surface area (Å²) < 4.78 is 13.4. The minimum atomic E-state index is -0.787. The summed E-state index contributed by atoms with van der Waals surface area (Å²) >= 11 is 0. The van der Waals surface area contributed by atoms with Crippen molar-refractivity contribution in [2.45, 2.75) is 75.7 Å². The number of anilines is 2. The maximum Gasteiger partial charge on any atom is 0.318 e. The average Bonchev–Trinajstić information content (AvgIpc) is 3.63. The third-order valence-corrected chi connectivity index (χ3v) is 10.3. The van der Waals surface area contributed by atoms with Gasteiger partial charge in [-0.2, -0.15) is 15.2 Å². The van der Waals surface area contributed by atoms with Gasteiger partial charge in [0.15, 0.2) is 0 Å². The Morgan fingerprint density at radius 3 is 2.72 bits per heavy atom. The van der Waals surface area contributed by atoms with Crippen LogP contribution in [0.2, 0.25) is 0 Å². The van der Waals surface area contributed by atoms with Gasteiger partial charge in [-0.05, 0) is 70.1 Å². The van der Waals surface area contributed by atoms with Crippen LogP contribution in [0.1, 0.15) is 69.0 Å². The molecule has 0 aliphatic carbocycles. The van der Waals surface area contributed by atoms with Crippen LogP contribution in [-0.4, -0.2) is 81.6 Å². The normalized spacial score (nSPS) is 23.5. The van der Waals surface area contributed by atoms with Crippen LogP contribution < -0.4 is 15.4 Å². The molecule has 1 amide bonds. The molecule has 11 nitrogen and oxygen atoms in total. The maximum absolute atomic E-state index is 12.7. The molecule has 4 aliphatic heterocycles. The summed E-state index contributed by atoms with van der Waals surface area (Å²) in [7, 11) is 0. The lowest BCUT2D eigenvalue weighted by Gasteiger charge is -2.44. The number of piperazine rings is 1. The number of benzene rings is 1. The molecular weight excluding hydrogens is 580 g/mol. The smallest absolute Gasteiger partial charge is 0.318 e. The van der Waals surface area contributed by atoms with Crippen LogP contribution in [0.15, 0.2) is 43.0 Å². The molecule has 0 spiro atoms. The Hall–Kier alpha value is -4.27. The Bertz CT molecular complexity index is 1710. The van der Waals surface area contributed by atoms with Crippen LogP contribution in [0.4, 0.5) is 11.6 Å². The van der Waals surface area contributed by atoms with E-state index in [1.54, 1.807) is 4.90 Å². The fourth-order valence-electron chi connectivity index (χ4n) is 8.20. The van der Waals surface area contributed by atoms with E-state index in [9.17, 15) is 10.1 Å². The predicted molar refractivity (Wildman–Crippen MR) is 175 cm³/mol. The summed E-state index contributed by atoms with van der Waals surface area (Å²) in [6.45, 7) is 12.0. The quantitative estimate of drug-likeness (QED) is 0.381. The van der Waals surface area contributed by atoms with E-state index >= 15 is 0 Å². The number of nitrogen functional groups attached to an aromatic ring is 1. The van der Waals surface area contributed by atoms with Gasteiger partial charge in [0.2, 0.25) is 5.91 Å². The highest BCUT2D eigenvalue weighted by atomic mass is 16.5. The summed E-state index contributed by atoms with van der Waals surface area (Å²) in [5.41, 5.74) is 8.07. The van der Waals surface area contributed by atoms with Gasteiger partial charge in [0, 0.05) is 37.0 Å². The van der Waals surface area contributed by atoms with Crippen molar-refractivity contribution >= 4 is 28.3 Å². The molecule has 3 saturated heterocycles. The van der Waals surface area contributed by atoms with Crippen molar-refractivity contribution in [1.82, 2.24) is 24.8 Å². The van der Waals surface area contributed by atoms with Gasteiger partial charge >= 0.3 is 6.01 Å². The van der Waals surface area contributed by atoms with E-state index in [4.69, 9.17) is 30.2 Å². The summed E-state index contributed by atoms with van der Waals surface area (Å²) in [6.07, 6.45) is 6.22. The number of fused-ring (bicyclic) bond motifs is 3. The molecule has 2 aromatic heterocycles. The van der Waals surface area contributed by atoms with Crippen molar-refractivity contribution in [2.75, 3.05) is 50.0 Å². The van der Waals surface area contributed by atoms with Crippen LogP contribution in [0, 0.1) is 11.3 Å². The van der Waals surface area contributed by atoms with Crippen molar-refractivity contribution in [3.05, 3.63) is 59.9 Å². The van der Waals surface area contributed by atoms with Gasteiger partial charge in [0.05, 0.1) is 41.1 Å². The Balaban J connectivity index is 1.29. The lowest BCUT2D eigenvalue weighted by Crippen LogP contribution is -2.55. The van der Waals surface area contributed by atoms with E-state index < -0.39 is 11.7 Å². The molecule has 4 aliphatic rings. The monoisotopic (exact) mass is 622 g/mol. The van der Waals surface area contributed by atoms with E-state index in [2.05, 4.69) is 28.5 Å². The molecule has 1 aromatic carbocycles. The maximum atomic E-state index is 12.7. The Labute approximate surface area is 270 Å². The molecule has 240 valence electrons. The number of rotatable bonds is 7. The van der Waals surface area contributed by atoms with Crippen molar-refractivity contribution in [3.8, 4) is 12.1 Å². The molecule has 1 unspecified atom stereocenters. The minimum Gasteiger partial charge on any atom is -0.461 e. The zero-order chi connectivity index (χ0) is 32.1. The Kier molecular flexibility index (Phi) is 7.81. The number of nitrogens with zero attached hydrogens (tertiary/aromatic N) is 7. The standard InChI is InChI=1S/C35H42N8O3/c1-4-29(44)43-18-17-41(21-24(43)11-14-36)32-30-26(38-33(40-32)45-22-35-12-7-15-42(35)16-8-13-35)20-27(46-34(30,2)3)31-25-10-6-5-9-23(25)19-28(37)39-31/h4-6,9-10,19,24,27H,1,7-8,11-13,15-18,20-22H2,2-3H3,(H2,37,39)/t24-,27?/m0/s1. The molecule has 3 fully saturated rings. The molecule has 0 radical (unpaired) electrons. The second kappa shape index (κ2) is 11.8. The molecule has 3 aromatic rings. The highest BCUT2D eigenvalue weighted by molar-refractivity contribution is 5.88. The number of nitriles is 1. The van der Waals surface area contributed by atoms with Crippen LogP contribution in [0.25, 0.3) is 10.8 Å². The molecule has 0 bridgehead atoms. The zero-order valence-corrected chi connectivity index (χ0v) is 26.7. The highest BCUT2D eigenvalue weighted by Crippen LogP contribution is 2.46. The second-order valence-corrected chi connectivity index (χ2v) is 13.5. The number of hydrogen-bond acceptors (Lipinski definition) is 10. The number of aromatic nitrogens is 3. The summed E-state index contributed by atoms with van der Waals surface area (Å²) in [5, 5.41) is 11.6.